The van der Waals surface area contributed by atoms with Crippen LogP contribution in [0.25, 0.3) is 0 Å². The van der Waals surface area contributed by atoms with Gasteiger partial charge in [0.2, 0.25) is 15.9 Å². The number of benzene rings is 1. The van der Waals surface area contributed by atoms with Gasteiger partial charge < -0.3 is 9.64 Å². The number of hydrogen-bond acceptors (Lipinski definition) is 4. The van der Waals surface area contributed by atoms with Gasteiger partial charge in [-0.3, -0.25) is 4.79 Å². The zero-order valence-electron chi connectivity index (χ0n) is 12.4. The zero-order valence-corrected chi connectivity index (χ0v) is 14.7. The first-order valence-electron chi connectivity index (χ1n) is 7.11. The Morgan fingerprint density at radius 1 is 1.35 bits per heavy atom. The lowest BCUT2D eigenvalue weighted by atomic mass is 10.1. The van der Waals surface area contributed by atoms with Crippen molar-refractivity contribution in [2.75, 3.05) is 25.4 Å². The Morgan fingerprint density at radius 3 is 2.74 bits per heavy atom. The highest BCUT2D eigenvalue weighted by Crippen LogP contribution is 2.29. The van der Waals surface area contributed by atoms with Crippen molar-refractivity contribution in [3.05, 3.63) is 33.8 Å². The number of nitrogens with zero attached hydrogens (tertiary/aromatic N) is 1. The van der Waals surface area contributed by atoms with E-state index in [4.69, 9.17) is 33.1 Å². The van der Waals surface area contributed by atoms with Crippen LogP contribution in [0.2, 0.25) is 10.0 Å². The van der Waals surface area contributed by atoms with Gasteiger partial charge in [0.1, 0.15) is 6.10 Å². The van der Waals surface area contributed by atoms with E-state index in [1.165, 1.54) is 0 Å². The van der Waals surface area contributed by atoms with E-state index >= 15 is 0 Å². The number of halogens is 2. The molecule has 0 aromatic heterocycles. The number of morpholine rings is 1. The van der Waals surface area contributed by atoms with E-state index in [0.717, 1.165) is 5.56 Å². The van der Waals surface area contributed by atoms with Crippen LogP contribution < -0.4 is 5.14 Å². The van der Waals surface area contributed by atoms with Crippen molar-refractivity contribution in [1.29, 1.82) is 0 Å². The van der Waals surface area contributed by atoms with Crippen LogP contribution in [-0.4, -0.2) is 44.7 Å². The molecule has 23 heavy (non-hydrogen) atoms. The van der Waals surface area contributed by atoms with E-state index in [0.29, 0.717) is 29.7 Å². The lowest BCUT2D eigenvalue weighted by molar-refractivity contribution is -0.139. The molecule has 1 unspecified atom stereocenters. The van der Waals surface area contributed by atoms with Gasteiger partial charge in [-0.05, 0) is 24.1 Å². The fourth-order valence-corrected chi connectivity index (χ4v) is 3.23. The predicted molar refractivity (Wildman–Crippen MR) is 88.9 cm³/mol. The summed E-state index contributed by atoms with van der Waals surface area (Å²) in [7, 11) is -3.54. The molecule has 1 amide bonds. The van der Waals surface area contributed by atoms with E-state index in [-0.39, 0.29) is 30.6 Å². The first-order valence-corrected chi connectivity index (χ1v) is 9.58. The maximum Gasteiger partial charge on any atom is 0.222 e. The third kappa shape index (κ3) is 5.61. The zero-order chi connectivity index (χ0) is 17.0. The van der Waals surface area contributed by atoms with Gasteiger partial charge >= 0.3 is 0 Å². The third-order valence-electron chi connectivity index (χ3n) is 3.55. The average Bonchev–Trinajstić information content (AvgIpc) is 2.49. The Bertz CT molecular complexity index is 681. The standard InChI is InChI=1S/C14H18Cl2N2O4S/c15-11-4-3-10(8-12(11)16)13-9-18(5-6-22-13)14(19)2-1-7-23(17,20)21/h3-4,8,13H,1-2,5-7,9H2,(H2,17,20,21). The minimum absolute atomic E-state index is 0.109. The number of carbonyl (C=O) groups excluding carboxylic acids is 1. The average molecular weight is 381 g/mol. The van der Waals surface area contributed by atoms with Crippen LogP contribution in [-0.2, 0) is 19.6 Å². The molecule has 1 aromatic carbocycles. The second-order valence-electron chi connectivity index (χ2n) is 5.34. The Kier molecular flexibility index (Phi) is 6.27. The first kappa shape index (κ1) is 18.5. The number of sulfonamides is 1. The number of hydrogen-bond donors (Lipinski definition) is 1. The van der Waals surface area contributed by atoms with Crippen molar-refractivity contribution >= 4 is 39.1 Å². The number of carbonyl (C=O) groups is 1. The first-order chi connectivity index (χ1) is 10.8. The predicted octanol–water partition coefficient (Wildman–Crippen LogP) is 1.96. The molecule has 0 radical (unpaired) electrons. The van der Waals surface area contributed by atoms with Gasteiger partial charge in [0.25, 0.3) is 0 Å². The smallest absolute Gasteiger partial charge is 0.222 e. The van der Waals surface area contributed by atoms with E-state index in [2.05, 4.69) is 0 Å². The Balaban J connectivity index is 1.94. The minimum Gasteiger partial charge on any atom is -0.370 e. The third-order valence-corrected chi connectivity index (χ3v) is 5.15. The molecule has 0 spiro atoms. The summed E-state index contributed by atoms with van der Waals surface area (Å²) in [6, 6.07) is 5.23. The lowest BCUT2D eigenvalue weighted by Gasteiger charge is -2.33. The van der Waals surface area contributed by atoms with E-state index in [1.54, 1.807) is 17.0 Å². The topological polar surface area (TPSA) is 89.7 Å². The molecule has 0 aliphatic carbocycles. The molecule has 1 fully saturated rings. The Hall–Kier alpha value is -0.860. The minimum atomic E-state index is -3.54. The highest BCUT2D eigenvalue weighted by atomic mass is 35.5. The molecule has 2 N–H and O–H groups in total. The van der Waals surface area contributed by atoms with Crippen molar-refractivity contribution in [3.63, 3.8) is 0 Å². The van der Waals surface area contributed by atoms with Gasteiger partial charge in [-0.1, -0.05) is 29.3 Å². The molecule has 0 bridgehead atoms. The van der Waals surface area contributed by atoms with Crippen LogP contribution in [0.1, 0.15) is 24.5 Å². The van der Waals surface area contributed by atoms with Gasteiger partial charge in [0.05, 0.1) is 28.9 Å². The van der Waals surface area contributed by atoms with Crippen molar-refractivity contribution in [1.82, 2.24) is 4.90 Å². The van der Waals surface area contributed by atoms with Crippen LogP contribution in [0.15, 0.2) is 18.2 Å². The van der Waals surface area contributed by atoms with Crippen LogP contribution in [0, 0.1) is 0 Å². The molecule has 128 valence electrons. The van der Waals surface area contributed by atoms with Crippen molar-refractivity contribution in [2.45, 2.75) is 18.9 Å². The van der Waals surface area contributed by atoms with Gasteiger partial charge in [-0.25, -0.2) is 13.6 Å². The largest absolute Gasteiger partial charge is 0.370 e. The summed E-state index contributed by atoms with van der Waals surface area (Å²) in [4.78, 5) is 13.8. The van der Waals surface area contributed by atoms with Crippen LogP contribution in [0.5, 0.6) is 0 Å². The summed E-state index contributed by atoms with van der Waals surface area (Å²) in [6.45, 7) is 1.28. The molecule has 0 saturated carbocycles. The highest BCUT2D eigenvalue weighted by Gasteiger charge is 2.25. The molecule has 2 rings (SSSR count). The molecule has 1 aliphatic rings. The SMILES string of the molecule is NS(=O)(=O)CCCC(=O)N1CCOC(c2ccc(Cl)c(Cl)c2)C1. The quantitative estimate of drug-likeness (QED) is 0.844. The second kappa shape index (κ2) is 7.81. The summed E-state index contributed by atoms with van der Waals surface area (Å²) in [5.41, 5.74) is 0.849. The number of rotatable bonds is 5. The maximum atomic E-state index is 12.2. The Morgan fingerprint density at radius 2 is 2.09 bits per heavy atom. The molecule has 9 heteroatoms. The Labute approximate surface area is 145 Å². The summed E-state index contributed by atoms with van der Waals surface area (Å²) in [5.74, 6) is -0.304. The molecule has 1 aromatic rings. The summed E-state index contributed by atoms with van der Waals surface area (Å²) in [6.07, 6.45) is 0.0810. The van der Waals surface area contributed by atoms with Crippen molar-refractivity contribution in [3.8, 4) is 0 Å². The van der Waals surface area contributed by atoms with Gasteiger partial charge in [0.15, 0.2) is 0 Å². The summed E-state index contributed by atoms with van der Waals surface area (Å²) < 4.78 is 27.5. The van der Waals surface area contributed by atoms with Gasteiger partial charge in [-0.2, -0.15) is 0 Å². The van der Waals surface area contributed by atoms with Gasteiger partial charge in [-0.15, -0.1) is 0 Å². The molecule has 1 atom stereocenters. The molecule has 1 heterocycles. The number of nitrogens with two attached hydrogens (primary N) is 1. The second-order valence-corrected chi connectivity index (χ2v) is 7.89. The number of ether oxygens (including phenoxy) is 1. The van der Waals surface area contributed by atoms with Crippen molar-refractivity contribution in [2.24, 2.45) is 5.14 Å². The van der Waals surface area contributed by atoms with Crippen LogP contribution in [0.3, 0.4) is 0 Å². The summed E-state index contributed by atoms with van der Waals surface area (Å²) in [5, 5.41) is 5.82. The fourth-order valence-electron chi connectivity index (χ4n) is 2.37. The van der Waals surface area contributed by atoms with Gasteiger partial charge in [0, 0.05) is 13.0 Å². The molecular formula is C14H18Cl2N2O4S. The fraction of sp³-hybridized carbons (Fsp3) is 0.500. The number of amides is 1. The van der Waals surface area contributed by atoms with Crippen LogP contribution >= 0.6 is 23.2 Å². The monoisotopic (exact) mass is 380 g/mol. The van der Waals surface area contributed by atoms with E-state index < -0.39 is 10.0 Å². The lowest BCUT2D eigenvalue weighted by Crippen LogP contribution is -2.42. The van der Waals surface area contributed by atoms with Crippen molar-refractivity contribution < 1.29 is 17.9 Å². The molecular weight excluding hydrogens is 363 g/mol. The maximum absolute atomic E-state index is 12.2. The normalized spacial score (nSPS) is 18.9. The molecule has 1 aliphatic heterocycles. The molecule has 1 saturated heterocycles. The van der Waals surface area contributed by atoms with E-state index in [9.17, 15) is 13.2 Å². The van der Waals surface area contributed by atoms with E-state index in [1.807, 2.05) is 6.07 Å². The van der Waals surface area contributed by atoms with Crippen LogP contribution in [0.4, 0.5) is 0 Å². The number of primary sulfonamides is 1. The highest BCUT2D eigenvalue weighted by molar-refractivity contribution is 7.89. The summed E-state index contributed by atoms with van der Waals surface area (Å²) >= 11 is 11.9. The molecule has 6 nitrogen and oxygen atoms in total.